The Morgan fingerprint density at radius 3 is 2.45 bits per heavy atom. The third-order valence-electron chi connectivity index (χ3n) is 4.59. The van der Waals surface area contributed by atoms with Crippen LogP contribution in [0.5, 0.6) is 11.8 Å². The van der Waals surface area contributed by atoms with E-state index in [1.165, 1.54) is 35.9 Å². The Hall–Kier alpha value is -3.14. The van der Waals surface area contributed by atoms with Gasteiger partial charge in [-0.3, -0.25) is 4.79 Å². The van der Waals surface area contributed by atoms with Crippen molar-refractivity contribution in [2.24, 2.45) is 7.05 Å². The molecule has 0 N–H and O–H groups in total. The molecule has 0 saturated carbocycles. The number of aryl methyl sites for hydroxylation is 2. The predicted molar refractivity (Wildman–Crippen MR) is 112 cm³/mol. The molecule has 0 atom stereocenters. The summed E-state index contributed by atoms with van der Waals surface area (Å²) in [4.78, 5) is 20.1. The first kappa shape index (κ1) is 22.5. The van der Waals surface area contributed by atoms with E-state index in [2.05, 4.69) is 9.97 Å². The summed E-state index contributed by atoms with van der Waals surface area (Å²) in [5.41, 5.74) is 0.886. The number of ether oxygens (including phenoxy) is 1. The molecular weight excluding hydrogens is 428 g/mol. The molecule has 0 spiro atoms. The molecule has 7 nitrogen and oxygen atoms in total. The van der Waals surface area contributed by atoms with Gasteiger partial charge in [-0.1, -0.05) is 0 Å². The van der Waals surface area contributed by atoms with E-state index in [0.717, 1.165) is 6.07 Å². The molecule has 0 aliphatic carbocycles. The molecule has 3 aromatic rings. The van der Waals surface area contributed by atoms with Crippen LogP contribution in [0.25, 0.3) is 11.3 Å². The molecule has 0 bridgehead atoms. The van der Waals surface area contributed by atoms with Crippen LogP contribution in [-0.4, -0.2) is 28.2 Å². The van der Waals surface area contributed by atoms with Crippen LogP contribution < -0.4 is 10.3 Å². The fraction of sp³-hybridized carbons (Fsp3) is 0.286. The third kappa shape index (κ3) is 5.13. The number of nitrogens with zero attached hydrogens (tertiary/aromatic N) is 3. The van der Waals surface area contributed by atoms with E-state index in [4.69, 9.17) is 4.74 Å². The zero-order chi connectivity index (χ0) is 22.9. The van der Waals surface area contributed by atoms with Crippen molar-refractivity contribution in [1.82, 2.24) is 14.5 Å². The molecule has 0 amide bonds. The third-order valence-corrected chi connectivity index (χ3v) is 6.73. The molecule has 0 aliphatic heterocycles. The number of hydrogen-bond donors (Lipinski definition) is 0. The van der Waals surface area contributed by atoms with Crippen molar-refractivity contribution in [2.75, 3.05) is 0 Å². The molecular formula is C21H21F2N3O4S. The van der Waals surface area contributed by atoms with Gasteiger partial charge in [0.05, 0.1) is 22.4 Å². The molecule has 1 aromatic carbocycles. The largest absolute Gasteiger partial charge is 0.421 e. The zero-order valence-corrected chi connectivity index (χ0v) is 18.2. The van der Waals surface area contributed by atoms with Gasteiger partial charge in [0.1, 0.15) is 5.82 Å². The molecule has 31 heavy (non-hydrogen) atoms. The lowest BCUT2D eigenvalue weighted by atomic mass is 10.2. The maximum absolute atomic E-state index is 14.2. The number of pyridine rings is 1. The number of rotatable bonds is 6. The Kier molecular flexibility index (Phi) is 6.21. The normalized spacial score (nSPS) is 11.7. The SMILES string of the molecule is Cc1cc(F)cc(F)c1Oc1nc(CS(=O)(=O)C(C)C)cc(-c2ccc(=O)n(C)c2)n1. The van der Waals surface area contributed by atoms with Crippen molar-refractivity contribution >= 4 is 9.84 Å². The van der Waals surface area contributed by atoms with Gasteiger partial charge in [0.25, 0.3) is 0 Å². The molecule has 0 saturated heterocycles. The minimum absolute atomic E-state index is 0.141. The lowest BCUT2D eigenvalue weighted by molar-refractivity contribution is 0.404. The van der Waals surface area contributed by atoms with Gasteiger partial charge < -0.3 is 9.30 Å². The predicted octanol–water partition coefficient (Wildman–Crippen LogP) is 3.54. The summed E-state index contributed by atoms with van der Waals surface area (Å²) in [6.07, 6.45) is 1.53. The highest BCUT2D eigenvalue weighted by molar-refractivity contribution is 7.91. The Labute approximate surface area is 178 Å². The summed E-state index contributed by atoms with van der Waals surface area (Å²) in [7, 11) is -1.94. The van der Waals surface area contributed by atoms with E-state index in [1.807, 2.05) is 0 Å². The van der Waals surface area contributed by atoms with Gasteiger partial charge >= 0.3 is 6.01 Å². The standard InChI is InChI=1S/C21H21F2N3O4S/c1-12(2)31(28,29)11-16-9-18(14-5-6-19(27)26(4)10-14)25-21(24-16)30-20-13(3)7-15(22)8-17(20)23/h5-10,12H,11H2,1-4H3. The van der Waals surface area contributed by atoms with Gasteiger partial charge in [0.2, 0.25) is 5.56 Å². The number of aromatic nitrogens is 3. The van der Waals surface area contributed by atoms with Crippen LogP contribution in [0.1, 0.15) is 25.1 Å². The molecule has 2 heterocycles. The quantitative estimate of drug-likeness (QED) is 0.572. The van der Waals surface area contributed by atoms with Gasteiger partial charge in [-0.15, -0.1) is 0 Å². The molecule has 0 unspecified atom stereocenters. The fourth-order valence-corrected chi connectivity index (χ4v) is 3.66. The highest BCUT2D eigenvalue weighted by Gasteiger charge is 2.21. The van der Waals surface area contributed by atoms with E-state index < -0.39 is 26.7 Å². The van der Waals surface area contributed by atoms with Crippen LogP contribution in [0, 0.1) is 18.6 Å². The smallest absolute Gasteiger partial charge is 0.322 e. The number of sulfone groups is 1. The van der Waals surface area contributed by atoms with Gasteiger partial charge in [-0.25, -0.2) is 17.2 Å². The number of benzene rings is 1. The summed E-state index contributed by atoms with van der Waals surface area (Å²) in [5, 5.41) is -0.635. The van der Waals surface area contributed by atoms with Gasteiger partial charge in [-0.2, -0.15) is 9.97 Å². The second kappa shape index (κ2) is 8.54. The molecule has 10 heteroatoms. The van der Waals surface area contributed by atoms with E-state index in [1.54, 1.807) is 20.9 Å². The highest BCUT2D eigenvalue weighted by atomic mass is 32.2. The fourth-order valence-electron chi connectivity index (χ4n) is 2.77. The summed E-state index contributed by atoms with van der Waals surface area (Å²) >= 11 is 0. The van der Waals surface area contributed by atoms with Crippen LogP contribution in [0.3, 0.4) is 0 Å². The van der Waals surface area contributed by atoms with E-state index in [9.17, 15) is 22.0 Å². The van der Waals surface area contributed by atoms with Crippen LogP contribution >= 0.6 is 0 Å². The minimum atomic E-state index is -3.50. The van der Waals surface area contributed by atoms with Crippen LogP contribution in [0.2, 0.25) is 0 Å². The Balaban J connectivity index is 2.13. The lowest BCUT2D eigenvalue weighted by Crippen LogP contribution is -2.17. The second-order valence-corrected chi connectivity index (χ2v) is 9.94. The van der Waals surface area contributed by atoms with Crippen molar-refractivity contribution in [3.05, 3.63) is 69.8 Å². The summed E-state index contributed by atoms with van der Waals surface area (Å²) < 4.78 is 59.3. The first-order chi connectivity index (χ1) is 14.5. The maximum Gasteiger partial charge on any atom is 0.322 e. The van der Waals surface area contributed by atoms with Crippen molar-refractivity contribution in [2.45, 2.75) is 31.8 Å². The van der Waals surface area contributed by atoms with Gasteiger partial charge in [0, 0.05) is 30.9 Å². The first-order valence-electron chi connectivity index (χ1n) is 9.36. The number of halogens is 2. The highest BCUT2D eigenvalue weighted by Crippen LogP contribution is 2.29. The van der Waals surface area contributed by atoms with Crippen molar-refractivity contribution in [3.63, 3.8) is 0 Å². The summed E-state index contributed by atoms with van der Waals surface area (Å²) in [6.45, 7) is 4.57. The lowest BCUT2D eigenvalue weighted by Gasteiger charge is -2.13. The Morgan fingerprint density at radius 2 is 1.84 bits per heavy atom. The average Bonchev–Trinajstić information content (AvgIpc) is 2.66. The minimum Gasteiger partial charge on any atom is -0.421 e. The molecule has 2 aromatic heterocycles. The zero-order valence-electron chi connectivity index (χ0n) is 17.4. The molecule has 0 radical (unpaired) electrons. The molecule has 0 aliphatic rings. The monoisotopic (exact) mass is 449 g/mol. The van der Waals surface area contributed by atoms with Crippen molar-refractivity contribution < 1.29 is 21.9 Å². The molecule has 164 valence electrons. The van der Waals surface area contributed by atoms with Gasteiger partial charge in [-0.05, 0) is 44.5 Å². The van der Waals surface area contributed by atoms with Crippen LogP contribution in [-0.2, 0) is 22.6 Å². The maximum atomic E-state index is 14.2. The van der Waals surface area contributed by atoms with Gasteiger partial charge in [0.15, 0.2) is 21.4 Å². The van der Waals surface area contributed by atoms with Crippen molar-refractivity contribution in [3.8, 4) is 23.0 Å². The van der Waals surface area contributed by atoms with Crippen molar-refractivity contribution in [1.29, 1.82) is 0 Å². The van der Waals surface area contributed by atoms with E-state index in [-0.39, 0.29) is 40.0 Å². The van der Waals surface area contributed by atoms with Crippen LogP contribution in [0.15, 0.2) is 41.3 Å². The summed E-state index contributed by atoms with van der Waals surface area (Å²) in [5.74, 6) is -2.35. The first-order valence-corrected chi connectivity index (χ1v) is 11.1. The Morgan fingerprint density at radius 1 is 1.13 bits per heavy atom. The molecule has 3 rings (SSSR count). The van der Waals surface area contributed by atoms with Crippen LogP contribution in [0.4, 0.5) is 8.78 Å². The Bertz CT molecular complexity index is 1280. The molecule has 0 fully saturated rings. The second-order valence-electron chi connectivity index (χ2n) is 7.39. The number of hydrogen-bond acceptors (Lipinski definition) is 6. The average molecular weight is 449 g/mol. The summed E-state index contributed by atoms with van der Waals surface area (Å²) in [6, 6.07) is 5.81. The van der Waals surface area contributed by atoms with E-state index >= 15 is 0 Å². The topological polar surface area (TPSA) is 91.1 Å². The van der Waals surface area contributed by atoms with E-state index in [0.29, 0.717) is 11.6 Å².